The lowest BCUT2D eigenvalue weighted by atomic mass is 10.0. The van der Waals surface area contributed by atoms with Crippen LogP contribution in [0.1, 0.15) is 36.0 Å². The Hall–Kier alpha value is -1.88. The number of nitrogens with two attached hydrogens (primary N) is 1. The van der Waals surface area contributed by atoms with Gasteiger partial charge >= 0.3 is 0 Å². The minimum atomic E-state index is 0.0702. The number of benzene rings is 1. The molecule has 1 aromatic carbocycles. The molecule has 1 saturated carbocycles. The standard InChI is InChI=1S/C15H17N3O2/c16-12(9-5-6-9)7-14-17-15(18-20-14)11-8-19-13-4-2-1-3-10(11)13/h1-4,9,11-12H,5-8,16H2. The molecule has 2 heterocycles. The molecule has 1 aromatic heterocycles. The fraction of sp³-hybridized carbons (Fsp3) is 0.467. The molecule has 0 saturated heterocycles. The van der Waals surface area contributed by atoms with Gasteiger partial charge in [-0.1, -0.05) is 23.4 Å². The monoisotopic (exact) mass is 271 g/mol. The Balaban J connectivity index is 1.53. The van der Waals surface area contributed by atoms with Crippen molar-refractivity contribution >= 4 is 0 Å². The first-order chi connectivity index (χ1) is 9.81. The number of hydrogen-bond donors (Lipinski definition) is 1. The molecule has 104 valence electrons. The predicted octanol–water partition coefficient (Wildman–Crippen LogP) is 1.87. The van der Waals surface area contributed by atoms with E-state index in [4.69, 9.17) is 15.0 Å². The molecule has 0 amide bonds. The van der Waals surface area contributed by atoms with Crippen molar-refractivity contribution in [2.75, 3.05) is 6.61 Å². The average molecular weight is 271 g/mol. The number of ether oxygens (including phenoxy) is 1. The molecule has 5 heteroatoms. The van der Waals surface area contributed by atoms with E-state index in [9.17, 15) is 0 Å². The van der Waals surface area contributed by atoms with Crippen LogP contribution in [0.5, 0.6) is 5.75 Å². The van der Waals surface area contributed by atoms with Gasteiger partial charge in [0.15, 0.2) is 5.82 Å². The molecule has 20 heavy (non-hydrogen) atoms. The summed E-state index contributed by atoms with van der Waals surface area (Å²) in [5, 5.41) is 4.11. The van der Waals surface area contributed by atoms with E-state index in [2.05, 4.69) is 16.2 Å². The van der Waals surface area contributed by atoms with E-state index in [1.165, 1.54) is 12.8 Å². The highest BCUT2D eigenvalue weighted by molar-refractivity contribution is 5.42. The molecule has 2 atom stereocenters. The number of aromatic nitrogens is 2. The number of fused-ring (bicyclic) bond motifs is 1. The van der Waals surface area contributed by atoms with E-state index < -0.39 is 0 Å². The zero-order chi connectivity index (χ0) is 13.5. The van der Waals surface area contributed by atoms with Crippen LogP contribution in [0.25, 0.3) is 0 Å². The topological polar surface area (TPSA) is 74.2 Å². The molecule has 2 aromatic rings. The zero-order valence-electron chi connectivity index (χ0n) is 11.2. The minimum Gasteiger partial charge on any atom is -0.492 e. The molecule has 2 unspecified atom stereocenters. The summed E-state index contributed by atoms with van der Waals surface area (Å²) in [6, 6.07) is 8.15. The van der Waals surface area contributed by atoms with Crippen LogP contribution in [-0.2, 0) is 6.42 Å². The number of hydrogen-bond acceptors (Lipinski definition) is 5. The first-order valence-corrected chi connectivity index (χ1v) is 7.11. The van der Waals surface area contributed by atoms with E-state index >= 15 is 0 Å². The molecule has 5 nitrogen and oxygen atoms in total. The van der Waals surface area contributed by atoms with E-state index in [0.717, 1.165) is 11.3 Å². The lowest BCUT2D eigenvalue weighted by Gasteiger charge is -2.05. The fourth-order valence-corrected chi connectivity index (χ4v) is 2.76. The Morgan fingerprint density at radius 3 is 3.00 bits per heavy atom. The largest absolute Gasteiger partial charge is 0.492 e. The normalized spacial score (nSPS) is 22.4. The van der Waals surface area contributed by atoms with Crippen LogP contribution in [0.15, 0.2) is 28.8 Å². The molecule has 1 aliphatic heterocycles. The van der Waals surface area contributed by atoms with Gasteiger partial charge in [0.1, 0.15) is 12.4 Å². The number of nitrogens with zero attached hydrogens (tertiary/aromatic N) is 2. The fourth-order valence-electron chi connectivity index (χ4n) is 2.76. The van der Waals surface area contributed by atoms with Gasteiger partial charge in [-0.15, -0.1) is 0 Å². The molecule has 1 aliphatic carbocycles. The summed E-state index contributed by atoms with van der Waals surface area (Å²) < 4.78 is 11.0. The van der Waals surface area contributed by atoms with E-state index in [1.54, 1.807) is 0 Å². The summed E-state index contributed by atoms with van der Waals surface area (Å²) in [7, 11) is 0. The smallest absolute Gasteiger partial charge is 0.228 e. The molecule has 4 rings (SSSR count). The molecule has 0 spiro atoms. The van der Waals surface area contributed by atoms with Crippen molar-refractivity contribution in [3.05, 3.63) is 41.5 Å². The second kappa shape index (κ2) is 4.59. The van der Waals surface area contributed by atoms with Gasteiger partial charge in [-0.3, -0.25) is 0 Å². The van der Waals surface area contributed by atoms with Crippen LogP contribution in [-0.4, -0.2) is 22.8 Å². The summed E-state index contributed by atoms with van der Waals surface area (Å²) in [6.07, 6.45) is 3.13. The van der Waals surface area contributed by atoms with Gasteiger partial charge < -0.3 is 15.0 Å². The SMILES string of the molecule is NC(Cc1nc(C2COc3ccccc32)no1)C1CC1. The summed E-state index contributed by atoms with van der Waals surface area (Å²) in [5.74, 6) is 2.97. The van der Waals surface area contributed by atoms with Crippen molar-refractivity contribution in [2.24, 2.45) is 11.7 Å². The Bertz CT molecular complexity index is 621. The summed E-state index contributed by atoms with van der Waals surface area (Å²) in [4.78, 5) is 4.50. The van der Waals surface area contributed by atoms with Crippen LogP contribution in [0.4, 0.5) is 0 Å². The van der Waals surface area contributed by atoms with Crippen LogP contribution in [0.3, 0.4) is 0 Å². The van der Waals surface area contributed by atoms with Gasteiger partial charge in [-0.25, -0.2) is 0 Å². The van der Waals surface area contributed by atoms with Crippen LogP contribution < -0.4 is 10.5 Å². The summed E-state index contributed by atoms with van der Waals surface area (Å²) in [6.45, 7) is 0.576. The highest BCUT2D eigenvalue weighted by Crippen LogP contribution is 2.37. The third-order valence-electron chi connectivity index (χ3n) is 4.13. The highest BCUT2D eigenvalue weighted by Gasteiger charge is 2.32. The average Bonchev–Trinajstić information content (AvgIpc) is 3.08. The Kier molecular flexibility index (Phi) is 2.73. The Morgan fingerprint density at radius 2 is 2.15 bits per heavy atom. The number of para-hydroxylation sites is 1. The van der Waals surface area contributed by atoms with Crippen molar-refractivity contribution in [1.29, 1.82) is 0 Å². The maximum absolute atomic E-state index is 6.10. The van der Waals surface area contributed by atoms with E-state index in [0.29, 0.717) is 30.7 Å². The minimum absolute atomic E-state index is 0.0702. The summed E-state index contributed by atoms with van der Waals surface area (Å²) >= 11 is 0. The molecular weight excluding hydrogens is 254 g/mol. The molecule has 0 radical (unpaired) electrons. The molecular formula is C15H17N3O2. The third kappa shape index (κ3) is 2.08. The van der Waals surface area contributed by atoms with Gasteiger partial charge in [0, 0.05) is 18.0 Å². The maximum atomic E-state index is 6.10. The van der Waals surface area contributed by atoms with Crippen molar-refractivity contribution in [1.82, 2.24) is 10.1 Å². The van der Waals surface area contributed by atoms with Crippen LogP contribution in [0, 0.1) is 5.92 Å². The third-order valence-corrected chi connectivity index (χ3v) is 4.13. The Morgan fingerprint density at radius 1 is 1.30 bits per heavy atom. The van der Waals surface area contributed by atoms with Gasteiger partial charge in [0.25, 0.3) is 0 Å². The lowest BCUT2D eigenvalue weighted by Crippen LogP contribution is -2.25. The van der Waals surface area contributed by atoms with Crippen LogP contribution in [0.2, 0.25) is 0 Å². The molecule has 2 aliphatic rings. The van der Waals surface area contributed by atoms with Crippen molar-refractivity contribution < 1.29 is 9.26 Å². The van der Waals surface area contributed by atoms with Gasteiger partial charge in [0.2, 0.25) is 5.89 Å². The quantitative estimate of drug-likeness (QED) is 0.919. The maximum Gasteiger partial charge on any atom is 0.228 e. The van der Waals surface area contributed by atoms with Crippen molar-refractivity contribution in [3.63, 3.8) is 0 Å². The summed E-state index contributed by atoms with van der Waals surface area (Å²) in [5.41, 5.74) is 7.23. The van der Waals surface area contributed by atoms with Crippen molar-refractivity contribution in [3.8, 4) is 5.75 Å². The van der Waals surface area contributed by atoms with Gasteiger partial charge in [-0.05, 0) is 24.8 Å². The van der Waals surface area contributed by atoms with Gasteiger partial charge in [0.05, 0.1) is 5.92 Å². The first kappa shape index (κ1) is 11.9. The first-order valence-electron chi connectivity index (χ1n) is 7.11. The number of rotatable bonds is 4. The zero-order valence-corrected chi connectivity index (χ0v) is 11.2. The van der Waals surface area contributed by atoms with Gasteiger partial charge in [-0.2, -0.15) is 4.98 Å². The lowest BCUT2D eigenvalue weighted by molar-refractivity contribution is 0.329. The predicted molar refractivity (Wildman–Crippen MR) is 72.5 cm³/mol. The van der Waals surface area contributed by atoms with Crippen LogP contribution >= 0.6 is 0 Å². The Labute approximate surface area is 117 Å². The molecule has 2 N–H and O–H groups in total. The molecule has 1 fully saturated rings. The second-order valence-electron chi connectivity index (χ2n) is 5.65. The van der Waals surface area contributed by atoms with Crippen molar-refractivity contribution in [2.45, 2.75) is 31.2 Å². The van der Waals surface area contributed by atoms with E-state index in [-0.39, 0.29) is 12.0 Å². The van der Waals surface area contributed by atoms with E-state index in [1.807, 2.05) is 18.2 Å². The highest BCUT2D eigenvalue weighted by atomic mass is 16.5. The molecule has 0 bridgehead atoms. The second-order valence-corrected chi connectivity index (χ2v) is 5.65.